The Morgan fingerprint density at radius 3 is 2.53 bits per heavy atom. The van der Waals surface area contributed by atoms with Crippen molar-refractivity contribution in [2.24, 2.45) is 0 Å². The Hall–Kier alpha value is -3.58. The molecule has 186 valence electrons. The molecule has 0 radical (unpaired) electrons. The topological polar surface area (TPSA) is 78.0 Å². The van der Waals surface area contributed by atoms with Crippen LogP contribution in [0.1, 0.15) is 54.9 Å². The van der Waals surface area contributed by atoms with Gasteiger partial charge in [-0.05, 0) is 87.6 Å². The Morgan fingerprint density at radius 1 is 0.972 bits per heavy atom. The van der Waals surface area contributed by atoms with Gasteiger partial charge in [-0.2, -0.15) is 5.10 Å². The summed E-state index contributed by atoms with van der Waals surface area (Å²) in [5, 5.41) is 15.2. The van der Waals surface area contributed by atoms with Crippen LogP contribution in [0.3, 0.4) is 0 Å². The Balaban J connectivity index is 1.12. The lowest BCUT2D eigenvalue weighted by Gasteiger charge is -2.30. The molecular formula is C29H34N6O. The highest BCUT2D eigenvalue weighted by Gasteiger charge is 2.19. The van der Waals surface area contributed by atoms with Crippen LogP contribution in [0.15, 0.2) is 60.8 Å². The van der Waals surface area contributed by atoms with E-state index in [1.165, 1.54) is 36.6 Å². The van der Waals surface area contributed by atoms with Crippen molar-refractivity contribution in [2.45, 2.75) is 50.6 Å². The number of nitrogens with zero attached hydrogens (tertiary/aromatic N) is 3. The number of hydrogen-bond donors (Lipinski definition) is 3. The van der Waals surface area contributed by atoms with Gasteiger partial charge in [-0.25, -0.2) is 0 Å². The highest BCUT2D eigenvalue weighted by Crippen LogP contribution is 2.34. The van der Waals surface area contributed by atoms with E-state index in [9.17, 15) is 4.79 Å². The van der Waals surface area contributed by atoms with Crippen molar-refractivity contribution in [3.63, 3.8) is 0 Å². The molecule has 0 spiro atoms. The number of fused-ring (bicyclic) bond motifs is 1. The molecule has 7 heteroatoms. The second-order valence-corrected chi connectivity index (χ2v) is 10.4. The predicted octanol–water partition coefficient (Wildman–Crippen LogP) is 5.90. The quantitative estimate of drug-likeness (QED) is 0.319. The van der Waals surface area contributed by atoms with Crippen molar-refractivity contribution in [3.05, 3.63) is 66.4 Å². The second-order valence-electron chi connectivity index (χ2n) is 10.4. The van der Waals surface area contributed by atoms with Gasteiger partial charge in [0.1, 0.15) is 0 Å². The molecule has 0 atom stereocenters. The maximum Gasteiger partial charge on any atom is 0.256 e. The number of amides is 1. The fourth-order valence-corrected chi connectivity index (χ4v) is 5.65. The summed E-state index contributed by atoms with van der Waals surface area (Å²) < 4.78 is 2.43. The summed E-state index contributed by atoms with van der Waals surface area (Å²) >= 11 is 0. The minimum absolute atomic E-state index is 0.163. The maximum atomic E-state index is 12.8. The van der Waals surface area contributed by atoms with Crippen LogP contribution in [-0.2, 0) is 0 Å². The molecule has 2 fully saturated rings. The molecule has 1 aliphatic carbocycles. The van der Waals surface area contributed by atoms with E-state index in [0.29, 0.717) is 23.5 Å². The molecule has 3 N–H and O–H groups in total. The molecule has 0 bridgehead atoms. The van der Waals surface area contributed by atoms with Gasteiger partial charge in [-0.1, -0.05) is 25.0 Å². The predicted molar refractivity (Wildman–Crippen MR) is 146 cm³/mol. The van der Waals surface area contributed by atoms with E-state index in [0.717, 1.165) is 42.9 Å². The van der Waals surface area contributed by atoms with Gasteiger partial charge in [0, 0.05) is 46.7 Å². The van der Waals surface area contributed by atoms with Gasteiger partial charge in [-0.3, -0.25) is 9.89 Å². The summed E-state index contributed by atoms with van der Waals surface area (Å²) in [6, 6.07) is 19.4. The number of hydrogen-bond acceptors (Lipinski definition) is 4. The van der Waals surface area contributed by atoms with E-state index in [2.05, 4.69) is 67.8 Å². The smallest absolute Gasteiger partial charge is 0.256 e. The first-order valence-electron chi connectivity index (χ1n) is 13.2. The molecule has 2 aromatic heterocycles. The van der Waals surface area contributed by atoms with E-state index in [4.69, 9.17) is 0 Å². The Bertz CT molecular complexity index is 1340. The van der Waals surface area contributed by atoms with Gasteiger partial charge in [0.05, 0.1) is 5.69 Å². The lowest BCUT2D eigenvalue weighted by Crippen LogP contribution is -2.36. The zero-order chi connectivity index (χ0) is 24.5. The van der Waals surface area contributed by atoms with Crippen molar-refractivity contribution in [1.82, 2.24) is 19.7 Å². The number of piperidine rings is 1. The Labute approximate surface area is 211 Å². The summed E-state index contributed by atoms with van der Waals surface area (Å²) in [4.78, 5) is 15.2. The van der Waals surface area contributed by atoms with Gasteiger partial charge < -0.3 is 20.1 Å². The molecule has 6 rings (SSSR count). The van der Waals surface area contributed by atoms with Crippen LogP contribution >= 0.6 is 0 Å². The molecule has 1 amide bonds. The summed E-state index contributed by atoms with van der Waals surface area (Å²) in [5.74, 6) is 0.360. The van der Waals surface area contributed by atoms with Crippen molar-refractivity contribution in [1.29, 1.82) is 0 Å². The minimum atomic E-state index is -0.163. The number of aromatic amines is 1. The molecule has 1 saturated heterocycles. The summed E-state index contributed by atoms with van der Waals surface area (Å²) in [6.45, 7) is 2.23. The minimum Gasteiger partial charge on any atom is -0.382 e. The maximum absolute atomic E-state index is 12.8. The lowest BCUT2D eigenvalue weighted by molar-refractivity contribution is 0.102. The van der Waals surface area contributed by atoms with E-state index in [1.54, 1.807) is 0 Å². The Morgan fingerprint density at radius 2 is 1.75 bits per heavy atom. The third kappa shape index (κ3) is 4.75. The SMILES string of the molecule is CN1CCC(Nc2ccc(C(=O)Nc3cc(-c4ccc5ccn(C6CCCC6)c5c4)[nH]n3)cc2)CC1. The normalized spacial score (nSPS) is 17.6. The van der Waals surface area contributed by atoms with Crippen LogP contribution in [0.2, 0.25) is 0 Å². The van der Waals surface area contributed by atoms with E-state index in [-0.39, 0.29) is 5.91 Å². The van der Waals surface area contributed by atoms with Gasteiger partial charge in [0.25, 0.3) is 5.91 Å². The number of anilines is 2. The molecule has 7 nitrogen and oxygen atoms in total. The standard InChI is InChI=1S/C29H34N6O/c1-34-15-13-24(14-16-34)30-23-10-8-21(9-11-23)29(36)31-28-19-26(32-33-28)22-7-6-20-12-17-35(27(20)18-22)25-4-2-3-5-25/h6-12,17-19,24-25,30H,2-5,13-16H2,1H3,(H2,31,32,33,36). The van der Waals surface area contributed by atoms with Gasteiger partial charge in [0.2, 0.25) is 0 Å². The number of benzene rings is 2. The zero-order valence-corrected chi connectivity index (χ0v) is 20.8. The number of rotatable bonds is 6. The van der Waals surface area contributed by atoms with Crippen LogP contribution in [0.5, 0.6) is 0 Å². The highest BCUT2D eigenvalue weighted by atomic mass is 16.1. The molecule has 1 aliphatic heterocycles. The first-order chi connectivity index (χ1) is 17.6. The van der Waals surface area contributed by atoms with Crippen molar-refractivity contribution < 1.29 is 4.79 Å². The van der Waals surface area contributed by atoms with Crippen LogP contribution < -0.4 is 10.6 Å². The van der Waals surface area contributed by atoms with Gasteiger partial charge in [0.15, 0.2) is 5.82 Å². The zero-order valence-electron chi connectivity index (χ0n) is 20.8. The van der Waals surface area contributed by atoms with Crippen LogP contribution in [0.25, 0.3) is 22.2 Å². The molecule has 4 aromatic rings. The molecule has 3 heterocycles. The number of H-pyrrole nitrogens is 1. The molecular weight excluding hydrogens is 448 g/mol. The average Bonchev–Trinajstić information content (AvgIpc) is 3.66. The molecule has 0 unspecified atom stereocenters. The number of nitrogens with one attached hydrogen (secondary N) is 3. The van der Waals surface area contributed by atoms with E-state index >= 15 is 0 Å². The number of carbonyl (C=O) groups is 1. The first kappa shape index (κ1) is 22.9. The summed E-state index contributed by atoms with van der Waals surface area (Å²) in [5.41, 5.74) is 4.89. The third-order valence-electron chi connectivity index (χ3n) is 7.81. The monoisotopic (exact) mass is 482 g/mol. The van der Waals surface area contributed by atoms with Gasteiger partial charge in [-0.15, -0.1) is 0 Å². The molecule has 36 heavy (non-hydrogen) atoms. The number of likely N-dealkylation sites (tertiary alicyclic amines) is 1. The van der Waals surface area contributed by atoms with Crippen molar-refractivity contribution in [2.75, 3.05) is 30.8 Å². The second kappa shape index (κ2) is 9.82. The molecule has 1 saturated carbocycles. The van der Waals surface area contributed by atoms with Crippen molar-refractivity contribution in [3.8, 4) is 11.3 Å². The van der Waals surface area contributed by atoms with Crippen LogP contribution in [0, 0.1) is 0 Å². The number of carbonyl (C=O) groups excluding carboxylic acids is 1. The highest BCUT2D eigenvalue weighted by molar-refractivity contribution is 6.04. The fraction of sp³-hybridized carbons (Fsp3) is 0.379. The molecule has 2 aromatic carbocycles. The first-order valence-corrected chi connectivity index (χ1v) is 13.2. The Kier molecular flexibility index (Phi) is 6.23. The lowest BCUT2D eigenvalue weighted by atomic mass is 10.0. The fourth-order valence-electron chi connectivity index (χ4n) is 5.65. The molecule has 2 aliphatic rings. The average molecular weight is 483 g/mol. The summed E-state index contributed by atoms with van der Waals surface area (Å²) in [6.07, 6.45) is 9.63. The van der Waals surface area contributed by atoms with E-state index in [1.807, 2.05) is 30.3 Å². The van der Waals surface area contributed by atoms with Crippen LogP contribution in [0.4, 0.5) is 11.5 Å². The van der Waals surface area contributed by atoms with E-state index < -0.39 is 0 Å². The van der Waals surface area contributed by atoms with Crippen molar-refractivity contribution >= 4 is 28.3 Å². The number of aromatic nitrogens is 3. The van der Waals surface area contributed by atoms with Crippen LogP contribution in [-0.4, -0.2) is 51.8 Å². The third-order valence-corrected chi connectivity index (χ3v) is 7.81. The van der Waals surface area contributed by atoms with Gasteiger partial charge >= 0.3 is 0 Å². The largest absolute Gasteiger partial charge is 0.382 e. The summed E-state index contributed by atoms with van der Waals surface area (Å²) in [7, 11) is 2.17.